The van der Waals surface area contributed by atoms with Gasteiger partial charge in [-0.1, -0.05) is 0 Å². The zero-order chi connectivity index (χ0) is 22.7. The number of benzene rings is 2. The van der Waals surface area contributed by atoms with Crippen molar-refractivity contribution in [3.05, 3.63) is 59.2 Å². The number of hydrogen-bond acceptors (Lipinski definition) is 3. The molecule has 2 aromatic carbocycles. The molecule has 0 atom stereocenters. The molecule has 1 saturated heterocycles. The number of H-pyrrole nitrogens is 1. The fourth-order valence-electron chi connectivity index (χ4n) is 5.67. The summed E-state index contributed by atoms with van der Waals surface area (Å²) in [4.78, 5) is 11.6. The predicted octanol–water partition coefficient (Wildman–Crippen LogP) is 5.43. The fourth-order valence-corrected chi connectivity index (χ4v) is 5.67. The first-order valence-corrected chi connectivity index (χ1v) is 11.6. The molecule has 3 heterocycles. The van der Waals surface area contributed by atoms with Crippen LogP contribution in [0.1, 0.15) is 54.3 Å². The third kappa shape index (κ3) is 3.25. The molecule has 0 radical (unpaired) electrons. The van der Waals surface area contributed by atoms with Crippen LogP contribution in [0.25, 0.3) is 27.5 Å². The van der Waals surface area contributed by atoms with E-state index < -0.39 is 5.97 Å². The number of aromatic nitrogens is 3. The second kappa shape index (κ2) is 7.70. The van der Waals surface area contributed by atoms with Crippen LogP contribution < -0.4 is 0 Å². The van der Waals surface area contributed by atoms with Crippen molar-refractivity contribution in [2.45, 2.75) is 44.4 Å². The number of nitrogens with zero attached hydrogens (tertiary/aromatic N) is 2. The Morgan fingerprint density at radius 3 is 2.70 bits per heavy atom. The molecule has 6 nitrogen and oxygen atoms in total. The van der Waals surface area contributed by atoms with Gasteiger partial charge in [0.25, 0.3) is 0 Å². The van der Waals surface area contributed by atoms with E-state index in [-0.39, 0.29) is 17.7 Å². The highest BCUT2D eigenvalue weighted by atomic mass is 19.1. The molecule has 2 fully saturated rings. The van der Waals surface area contributed by atoms with E-state index in [0.717, 1.165) is 40.3 Å². The van der Waals surface area contributed by atoms with Gasteiger partial charge in [-0.05, 0) is 80.0 Å². The number of carboxylic acid groups (broad SMARTS) is 1. The maximum absolute atomic E-state index is 14.2. The summed E-state index contributed by atoms with van der Waals surface area (Å²) >= 11 is 0. The molecule has 4 aromatic rings. The minimum absolute atomic E-state index is 0.189. The van der Waals surface area contributed by atoms with E-state index in [1.165, 1.54) is 17.3 Å². The van der Waals surface area contributed by atoms with Crippen molar-refractivity contribution in [1.29, 1.82) is 0 Å². The average Bonchev–Trinajstić information content (AvgIpc) is 3.36. The van der Waals surface area contributed by atoms with E-state index in [9.17, 15) is 14.3 Å². The van der Waals surface area contributed by atoms with Gasteiger partial charge < -0.3 is 14.4 Å². The van der Waals surface area contributed by atoms with Crippen LogP contribution in [0.2, 0.25) is 0 Å². The van der Waals surface area contributed by atoms with Crippen molar-refractivity contribution in [3.63, 3.8) is 0 Å². The van der Waals surface area contributed by atoms with Crippen LogP contribution in [0.15, 0.2) is 36.5 Å². The minimum atomic E-state index is -0.715. The van der Waals surface area contributed by atoms with Crippen molar-refractivity contribution in [2.75, 3.05) is 13.2 Å². The number of fused-ring (bicyclic) bond motifs is 2. The topological polar surface area (TPSA) is 80.1 Å². The molecule has 33 heavy (non-hydrogen) atoms. The number of nitrogens with one attached hydrogen (secondary N) is 1. The van der Waals surface area contributed by atoms with E-state index in [4.69, 9.17) is 4.74 Å². The lowest BCUT2D eigenvalue weighted by atomic mass is 9.69. The summed E-state index contributed by atoms with van der Waals surface area (Å²) in [5.41, 5.74) is 6.03. The second-order valence-corrected chi connectivity index (χ2v) is 9.48. The van der Waals surface area contributed by atoms with Crippen LogP contribution in [0.4, 0.5) is 4.39 Å². The first kappa shape index (κ1) is 20.4. The highest BCUT2D eigenvalue weighted by Crippen LogP contribution is 2.50. The van der Waals surface area contributed by atoms with E-state index in [2.05, 4.69) is 26.9 Å². The molecule has 2 N–H and O–H groups in total. The summed E-state index contributed by atoms with van der Waals surface area (Å²) in [6.45, 7) is 3.21. The Hall–Kier alpha value is -3.19. The third-order valence-electron chi connectivity index (χ3n) is 7.51. The van der Waals surface area contributed by atoms with Crippen molar-refractivity contribution < 1.29 is 19.0 Å². The number of ether oxygens (including phenoxy) is 1. The number of aromatic amines is 1. The summed E-state index contributed by atoms with van der Waals surface area (Å²) in [5.74, 6) is -0.738. The highest BCUT2D eigenvalue weighted by Gasteiger charge is 2.40. The lowest BCUT2D eigenvalue weighted by Gasteiger charge is -2.35. The summed E-state index contributed by atoms with van der Waals surface area (Å²) in [7, 11) is 0. The Balaban J connectivity index is 1.65. The maximum Gasteiger partial charge on any atom is 0.306 e. The molecule has 0 bridgehead atoms. The number of hydrogen-bond donors (Lipinski definition) is 2. The third-order valence-corrected chi connectivity index (χ3v) is 7.51. The SMILES string of the molecule is Cc1cc(-n2c(C3CCOCC3)c([C@H]3C[C@@H](C(=O)O)C3)c3cc4[nH]ncc4cc32)ccc1F. The molecule has 1 saturated carbocycles. The van der Waals surface area contributed by atoms with Gasteiger partial charge in [0, 0.05) is 41.3 Å². The van der Waals surface area contributed by atoms with Gasteiger partial charge in [-0.15, -0.1) is 0 Å². The number of carboxylic acids is 1. The van der Waals surface area contributed by atoms with Gasteiger partial charge in [0.1, 0.15) is 5.82 Å². The van der Waals surface area contributed by atoms with E-state index in [1.54, 1.807) is 6.92 Å². The van der Waals surface area contributed by atoms with Gasteiger partial charge >= 0.3 is 5.97 Å². The lowest BCUT2D eigenvalue weighted by molar-refractivity contribution is -0.145. The van der Waals surface area contributed by atoms with Crippen LogP contribution in [-0.4, -0.2) is 39.1 Å². The summed E-state index contributed by atoms with van der Waals surface area (Å²) in [6, 6.07) is 9.57. The van der Waals surface area contributed by atoms with Gasteiger partial charge in [-0.2, -0.15) is 5.10 Å². The molecule has 7 heteroatoms. The molecule has 1 aliphatic carbocycles. The maximum atomic E-state index is 14.2. The Kier molecular flexibility index (Phi) is 4.76. The van der Waals surface area contributed by atoms with Crippen molar-refractivity contribution in [3.8, 4) is 5.69 Å². The van der Waals surface area contributed by atoms with Gasteiger partial charge in [0.05, 0.1) is 23.1 Å². The van der Waals surface area contributed by atoms with Gasteiger partial charge in [0.15, 0.2) is 0 Å². The molecule has 0 unspecified atom stereocenters. The minimum Gasteiger partial charge on any atom is -0.481 e. The Labute approximate surface area is 190 Å². The highest BCUT2D eigenvalue weighted by molar-refractivity contribution is 5.99. The largest absolute Gasteiger partial charge is 0.481 e. The number of aryl methyl sites for hydroxylation is 1. The van der Waals surface area contributed by atoms with E-state index in [0.29, 0.717) is 37.5 Å². The zero-order valence-corrected chi connectivity index (χ0v) is 18.5. The van der Waals surface area contributed by atoms with Crippen LogP contribution in [0, 0.1) is 18.7 Å². The van der Waals surface area contributed by atoms with Crippen molar-refractivity contribution in [2.24, 2.45) is 5.92 Å². The monoisotopic (exact) mass is 447 g/mol. The van der Waals surface area contributed by atoms with Crippen molar-refractivity contribution >= 4 is 27.8 Å². The molecular formula is C26H26FN3O3. The fraction of sp³-hybridized carbons (Fsp3) is 0.385. The summed E-state index contributed by atoms with van der Waals surface area (Å²) in [6.07, 6.45) is 4.94. The number of carbonyl (C=O) groups is 1. The first-order valence-electron chi connectivity index (χ1n) is 11.6. The molecule has 6 rings (SSSR count). The lowest BCUT2D eigenvalue weighted by Crippen LogP contribution is -2.30. The smallest absolute Gasteiger partial charge is 0.306 e. The molecule has 1 aliphatic heterocycles. The van der Waals surface area contributed by atoms with Gasteiger partial charge in [-0.25, -0.2) is 4.39 Å². The second-order valence-electron chi connectivity index (χ2n) is 9.48. The van der Waals surface area contributed by atoms with E-state index >= 15 is 0 Å². The zero-order valence-electron chi connectivity index (χ0n) is 18.5. The molecule has 0 amide bonds. The summed E-state index contributed by atoms with van der Waals surface area (Å²) in [5, 5.41) is 18.9. The molecule has 170 valence electrons. The Morgan fingerprint density at radius 2 is 1.97 bits per heavy atom. The number of aliphatic carboxylic acids is 1. The Bertz CT molecular complexity index is 1380. The number of rotatable bonds is 4. The van der Waals surface area contributed by atoms with Gasteiger partial charge in [-0.3, -0.25) is 9.89 Å². The van der Waals surface area contributed by atoms with Crippen LogP contribution in [0.5, 0.6) is 0 Å². The first-order chi connectivity index (χ1) is 16.0. The predicted molar refractivity (Wildman–Crippen MR) is 124 cm³/mol. The number of halogens is 1. The van der Waals surface area contributed by atoms with Crippen molar-refractivity contribution in [1.82, 2.24) is 14.8 Å². The Morgan fingerprint density at radius 1 is 1.18 bits per heavy atom. The molecule has 2 aromatic heterocycles. The molecule has 0 spiro atoms. The summed E-state index contributed by atoms with van der Waals surface area (Å²) < 4.78 is 22.1. The van der Waals surface area contributed by atoms with E-state index in [1.807, 2.05) is 18.3 Å². The quantitative estimate of drug-likeness (QED) is 0.437. The average molecular weight is 448 g/mol. The van der Waals surface area contributed by atoms with Crippen LogP contribution in [-0.2, 0) is 9.53 Å². The molecular weight excluding hydrogens is 421 g/mol. The normalized spacial score (nSPS) is 21.5. The van der Waals surface area contributed by atoms with Crippen LogP contribution in [0.3, 0.4) is 0 Å². The van der Waals surface area contributed by atoms with Crippen LogP contribution >= 0.6 is 0 Å². The molecule has 2 aliphatic rings. The van der Waals surface area contributed by atoms with Gasteiger partial charge in [0.2, 0.25) is 0 Å². The standard InChI is InChI=1S/C26H26FN3O3/c1-14-8-19(2-3-21(14)27)30-23-11-18-13-28-29-22(18)12-20(23)24(16-9-17(10-16)26(31)32)25(30)15-4-6-33-7-5-15/h2-3,8,11-13,15-17H,4-7,9-10H2,1H3,(H,28,29)(H,31,32)/t16-,17+.